The Balaban J connectivity index is 1.79. The van der Waals surface area contributed by atoms with E-state index in [1.807, 2.05) is 0 Å². The fraction of sp³-hybridized carbons (Fsp3) is 0.643. The average Bonchev–Trinajstić information content (AvgIpc) is 2.51. The van der Waals surface area contributed by atoms with Crippen LogP contribution in [0.3, 0.4) is 0 Å². The molecule has 3 aliphatic rings. The molecule has 17 heavy (non-hydrogen) atoms. The van der Waals surface area contributed by atoms with Crippen LogP contribution in [0.15, 0.2) is 23.3 Å². The SMILES string of the molecule is NC[C@@]1(CC(=O)O)C[C@@H]2CC(C3=CCC3)=C[C@@H]21. The molecule has 0 heterocycles. The lowest BCUT2D eigenvalue weighted by atomic mass is 9.53. The molecule has 0 radical (unpaired) electrons. The Labute approximate surface area is 101 Å². The van der Waals surface area contributed by atoms with Gasteiger partial charge in [0.05, 0.1) is 6.42 Å². The van der Waals surface area contributed by atoms with Crippen molar-refractivity contribution in [1.29, 1.82) is 0 Å². The van der Waals surface area contributed by atoms with Crippen LogP contribution in [0.4, 0.5) is 0 Å². The molecular weight excluding hydrogens is 214 g/mol. The smallest absolute Gasteiger partial charge is 0.303 e. The summed E-state index contributed by atoms with van der Waals surface area (Å²) in [5, 5.41) is 9.01. The first-order chi connectivity index (χ1) is 8.14. The summed E-state index contributed by atoms with van der Waals surface area (Å²) in [6.45, 7) is 0.503. The molecule has 0 aromatic rings. The molecule has 1 saturated carbocycles. The van der Waals surface area contributed by atoms with Gasteiger partial charge in [-0.2, -0.15) is 0 Å². The van der Waals surface area contributed by atoms with Crippen LogP contribution in [0.2, 0.25) is 0 Å². The fourth-order valence-corrected chi connectivity index (χ4v) is 3.81. The number of nitrogens with two attached hydrogens (primary N) is 1. The molecule has 0 aromatic carbocycles. The third-order valence-corrected chi connectivity index (χ3v) is 4.87. The van der Waals surface area contributed by atoms with Gasteiger partial charge < -0.3 is 10.8 Å². The summed E-state index contributed by atoms with van der Waals surface area (Å²) in [6.07, 6.45) is 9.42. The van der Waals surface area contributed by atoms with Gasteiger partial charge in [-0.3, -0.25) is 4.79 Å². The Morgan fingerprint density at radius 1 is 1.53 bits per heavy atom. The van der Waals surface area contributed by atoms with E-state index in [2.05, 4.69) is 12.2 Å². The number of fused-ring (bicyclic) bond motifs is 1. The molecule has 3 heteroatoms. The largest absolute Gasteiger partial charge is 0.481 e. The number of carboxylic acids is 1. The van der Waals surface area contributed by atoms with Crippen LogP contribution < -0.4 is 5.73 Å². The van der Waals surface area contributed by atoms with Gasteiger partial charge in [0.15, 0.2) is 0 Å². The summed E-state index contributed by atoms with van der Waals surface area (Å²) >= 11 is 0. The van der Waals surface area contributed by atoms with Crippen LogP contribution in [0.1, 0.15) is 32.1 Å². The summed E-state index contributed by atoms with van der Waals surface area (Å²) in [6, 6.07) is 0. The highest BCUT2D eigenvalue weighted by Gasteiger charge is 2.55. The third kappa shape index (κ3) is 1.56. The summed E-state index contributed by atoms with van der Waals surface area (Å²) in [4.78, 5) is 11.0. The molecule has 0 aliphatic heterocycles. The van der Waals surface area contributed by atoms with Crippen LogP contribution in [-0.2, 0) is 4.79 Å². The van der Waals surface area contributed by atoms with Gasteiger partial charge in [0, 0.05) is 0 Å². The molecule has 0 bridgehead atoms. The van der Waals surface area contributed by atoms with Crippen LogP contribution in [0.5, 0.6) is 0 Å². The highest BCUT2D eigenvalue weighted by molar-refractivity contribution is 5.68. The van der Waals surface area contributed by atoms with Gasteiger partial charge in [0.2, 0.25) is 0 Å². The van der Waals surface area contributed by atoms with E-state index < -0.39 is 5.97 Å². The Bertz CT molecular complexity index is 424. The second kappa shape index (κ2) is 3.70. The van der Waals surface area contributed by atoms with Crippen molar-refractivity contribution in [3.63, 3.8) is 0 Å². The highest BCUT2D eigenvalue weighted by Crippen LogP contribution is 2.60. The van der Waals surface area contributed by atoms with Gasteiger partial charge in [0.1, 0.15) is 0 Å². The zero-order valence-corrected chi connectivity index (χ0v) is 9.98. The van der Waals surface area contributed by atoms with Gasteiger partial charge in [-0.1, -0.05) is 12.2 Å². The van der Waals surface area contributed by atoms with Crippen molar-refractivity contribution in [1.82, 2.24) is 0 Å². The first kappa shape index (κ1) is 11.0. The predicted octanol–water partition coefficient (Wildman–Crippen LogP) is 2.09. The second-order valence-corrected chi connectivity index (χ2v) is 5.79. The topological polar surface area (TPSA) is 63.3 Å². The molecule has 3 N–H and O–H groups in total. The minimum absolute atomic E-state index is 0.150. The molecule has 0 aromatic heterocycles. The van der Waals surface area contributed by atoms with Crippen molar-refractivity contribution in [3.8, 4) is 0 Å². The maximum absolute atomic E-state index is 11.0. The molecule has 3 atom stereocenters. The molecule has 3 aliphatic carbocycles. The first-order valence-electron chi connectivity index (χ1n) is 6.46. The quantitative estimate of drug-likeness (QED) is 0.781. The Kier molecular flexibility index (Phi) is 2.40. The number of aliphatic carboxylic acids is 1. The van der Waals surface area contributed by atoms with E-state index in [1.54, 1.807) is 0 Å². The normalized spacial score (nSPS) is 38.6. The van der Waals surface area contributed by atoms with E-state index in [0.717, 1.165) is 12.8 Å². The van der Waals surface area contributed by atoms with Crippen LogP contribution in [0, 0.1) is 17.3 Å². The molecule has 1 fully saturated rings. The molecule has 0 unspecified atom stereocenters. The van der Waals surface area contributed by atoms with E-state index in [0.29, 0.717) is 18.4 Å². The van der Waals surface area contributed by atoms with Crippen LogP contribution in [0.25, 0.3) is 0 Å². The molecule has 3 nitrogen and oxygen atoms in total. The van der Waals surface area contributed by atoms with Crippen LogP contribution in [-0.4, -0.2) is 17.6 Å². The maximum atomic E-state index is 11.0. The lowest BCUT2D eigenvalue weighted by molar-refractivity contribution is -0.144. The molecule has 0 spiro atoms. The highest BCUT2D eigenvalue weighted by atomic mass is 16.4. The number of hydrogen-bond acceptors (Lipinski definition) is 2. The van der Waals surface area contributed by atoms with Gasteiger partial charge >= 0.3 is 5.97 Å². The summed E-state index contributed by atoms with van der Waals surface area (Å²) in [5.74, 6) is 0.369. The summed E-state index contributed by atoms with van der Waals surface area (Å²) in [5.41, 5.74) is 8.66. The third-order valence-electron chi connectivity index (χ3n) is 4.87. The lowest BCUT2D eigenvalue weighted by Gasteiger charge is -2.51. The Morgan fingerprint density at radius 3 is 2.82 bits per heavy atom. The average molecular weight is 233 g/mol. The number of rotatable bonds is 4. The Morgan fingerprint density at radius 2 is 2.29 bits per heavy atom. The van der Waals surface area contributed by atoms with Crippen molar-refractivity contribution in [2.24, 2.45) is 23.0 Å². The van der Waals surface area contributed by atoms with E-state index in [1.165, 1.54) is 24.0 Å². The lowest BCUT2D eigenvalue weighted by Crippen LogP contribution is -2.51. The van der Waals surface area contributed by atoms with Gasteiger partial charge in [-0.05, 0) is 60.6 Å². The summed E-state index contributed by atoms with van der Waals surface area (Å²) < 4.78 is 0. The summed E-state index contributed by atoms with van der Waals surface area (Å²) in [7, 11) is 0. The van der Waals surface area contributed by atoms with Gasteiger partial charge in [-0.25, -0.2) is 0 Å². The molecule has 0 saturated heterocycles. The predicted molar refractivity (Wildman–Crippen MR) is 65.4 cm³/mol. The minimum atomic E-state index is -0.710. The van der Waals surface area contributed by atoms with Crippen LogP contribution >= 0.6 is 0 Å². The fourth-order valence-electron chi connectivity index (χ4n) is 3.81. The van der Waals surface area contributed by atoms with E-state index in [-0.39, 0.29) is 11.8 Å². The molecule has 3 rings (SSSR count). The maximum Gasteiger partial charge on any atom is 0.303 e. The van der Waals surface area contributed by atoms with Crippen molar-refractivity contribution in [3.05, 3.63) is 23.3 Å². The van der Waals surface area contributed by atoms with E-state index >= 15 is 0 Å². The minimum Gasteiger partial charge on any atom is -0.481 e. The Hall–Kier alpha value is -1.09. The van der Waals surface area contributed by atoms with Gasteiger partial charge in [-0.15, -0.1) is 0 Å². The number of allylic oxidation sites excluding steroid dienone is 4. The monoisotopic (exact) mass is 233 g/mol. The van der Waals surface area contributed by atoms with E-state index in [9.17, 15) is 4.79 Å². The number of hydrogen-bond donors (Lipinski definition) is 2. The van der Waals surface area contributed by atoms with Crippen molar-refractivity contribution in [2.45, 2.75) is 32.1 Å². The zero-order chi connectivity index (χ0) is 12.0. The molecule has 92 valence electrons. The van der Waals surface area contributed by atoms with E-state index in [4.69, 9.17) is 10.8 Å². The molecular formula is C14H19NO2. The van der Waals surface area contributed by atoms with Crippen molar-refractivity contribution >= 4 is 5.97 Å². The number of carbonyl (C=O) groups is 1. The second-order valence-electron chi connectivity index (χ2n) is 5.79. The number of carboxylic acid groups (broad SMARTS) is 1. The van der Waals surface area contributed by atoms with Crippen molar-refractivity contribution in [2.75, 3.05) is 6.54 Å². The molecule has 0 amide bonds. The van der Waals surface area contributed by atoms with Crippen molar-refractivity contribution < 1.29 is 9.90 Å². The zero-order valence-electron chi connectivity index (χ0n) is 9.98. The van der Waals surface area contributed by atoms with Gasteiger partial charge in [0.25, 0.3) is 0 Å². The standard InChI is InChI=1S/C14H19NO2/c15-8-14(7-13(16)17)6-11-4-10(5-12(11)14)9-2-1-3-9/h2,5,11-12H,1,3-4,6-8,15H2,(H,16,17)/t11-,12-,14-/m0/s1. The first-order valence-corrected chi connectivity index (χ1v) is 6.46.